The van der Waals surface area contributed by atoms with Gasteiger partial charge in [0.1, 0.15) is 0 Å². The molecule has 0 bridgehead atoms. The summed E-state index contributed by atoms with van der Waals surface area (Å²) in [4.78, 5) is 0. The summed E-state index contributed by atoms with van der Waals surface area (Å²) in [7, 11) is 0. The molecule has 110 valence electrons. The molecule has 0 saturated heterocycles. The zero-order valence-corrected chi connectivity index (χ0v) is 13.6. The van der Waals surface area contributed by atoms with Crippen LogP contribution in [0.4, 0.5) is 0 Å². The first kappa shape index (κ1) is 14.6. The molecule has 1 heterocycles. The minimum atomic E-state index is 0.192. The summed E-state index contributed by atoms with van der Waals surface area (Å²) in [5.74, 6) is 0.368. The molecule has 0 fully saturated rings. The Labute approximate surface area is 132 Å². The molecule has 1 aliphatic rings. The van der Waals surface area contributed by atoms with Crippen LogP contribution in [0, 0.1) is 5.41 Å². The maximum Gasteiger partial charge on any atom is 0.0406 e. The maximum absolute atomic E-state index is 6.06. The Morgan fingerprint density at radius 3 is 2.33 bits per heavy atom. The van der Waals surface area contributed by atoms with Crippen LogP contribution < -0.4 is 5.32 Å². The Balaban J connectivity index is 2.12. The quantitative estimate of drug-likeness (QED) is 0.782. The van der Waals surface area contributed by atoms with E-state index < -0.39 is 0 Å². The highest BCUT2D eigenvalue weighted by Gasteiger charge is 2.37. The van der Waals surface area contributed by atoms with Gasteiger partial charge in [-0.1, -0.05) is 68.8 Å². The van der Waals surface area contributed by atoms with Gasteiger partial charge in [0, 0.05) is 23.5 Å². The van der Waals surface area contributed by atoms with Gasteiger partial charge >= 0.3 is 0 Å². The summed E-state index contributed by atoms with van der Waals surface area (Å²) in [5.41, 5.74) is 4.37. The molecular weight excluding hydrogens is 278 g/mol. The number of hydrogen-bond acceptors (Lipinski definition) is 1. The van der Waals surface area contributed by atoms with Crippen molar-refractivity contribution in [3.05, 3.63) is 70.2 Å². The Hall–Kier alpha value is -1.31. The van der Waals surface area contributed by atoms with Gasteiger partial charge in [-0.2, -0.15) is 0 Å². The van der Waals surface area contributed by atoms with Gasteiger partial charge in [0.2, 0.25) is 0 Å². The van der Waals surface area contributed by atoms with Crippen LogP contribution in [0.5, 0.6) is 0 Å². The van der Waals surface area contributed by atoms with Crippen molar-refractivity contribution >= 4 is 11.6 Å². The van der Waals surface area contributed by atoms with E-state index in [0.717, 1.165) is 11.6 Å². The lowest BCUT2D eigenvalue weighted by Crippen LogP contribution is -2.48. The van der Waals surface area contributed by atoms with Crippen LogP contribution in [0.15, 0.2) is 48.5 Å². The van der Waals surface area contributed by atoms with Crippen molar-refractivity contribution in [2.75, 3.05) is 0 Å². The molecule has 0 amide bonds. The lowest BCUT2D eigenvalue weighted by atomic mass is 9.70. The predicted molar refractivity (Wildman–Crippen MR) is 89.8 cm³/mol. The lowest BCUT2D eigenvalue weighted by molar-refractivity contribution is 0.233. The molecule has 1 aliphatic heterocycles. The smallest absolute Gasteiger partial charge is 0.0406 e. The molecular formula is C19H22ClN. The fourth-order valence-electron chi connectivity index (χ4n) is 3.36. The summed E-state index contributed by atoms with van der Waals surface area (Å²) in [5, 5.41) is 4.54. The highest BCUT2D eigenvalue weighted by Crippen LogP contribution is 2.41. The minimum absolute atomic E-state index is 0.192. The molecule has 0 saturated carbocycles. The van der Waals surface area contributed by atoms with Crippen LogP contribution in [0.2, 0.25) is 5.02 Å². The predicted octanol–water partition coefficient (Wildman–Crippen LogP) is 4.99. The van der Waals surface area contributed by atoms with Gasteiger partial charge in [-0.3, -0.25) is 0 Å². The monoisotopic (exact) mass is 299 g/mol. The normalized spacial score (nSPS) is 21.9. The minimum Gasteiger partial charge on any atom is -0.308 e. The first-order valence-corrected chi connectivity index (χ1v) is 7.91. The standard InChI is InChI=1S/C19H22ClN/c1-19(2,3)18-17(13-8-10-15(20)11-9-13)16-7-5-4-6-14(16)12-21-18/h4-11,17-18,21H,12H2,1-3H3. The van der Waals surface area contributed by atoms with E-state index in [9.17, 15) is 0 Å². The second-order valence-corrected chi connectivity index (χ2v) is 7.39. The number of hydrogen-bond donors (Lipinski definition) is 1. The van der Waals surface area contributed by atoms with Gasteiger partial charge in [-0.05, 0) is 34.2 Å². The second-order valence-electron chi connectivity index (χ2n) is 6.95. The first-order valence-electron chi connectivity index (χ1n) is 7.53. The van der Waals surface area contributed by atoms with Crippen LogP contribution in [-0.4, -0.2) is 6.04 Å². The average molecular weight is 300 g/mol. The van der Waals surface area contributed by atoms with Crippen molar-refractivity contribution in [2.24, 2.45) is 5.41 Å². The van der Waals surface area contributed by atoms with E-state index in [1.807, 2.05) is 12.1 Å². The van der Waals surface area contributed by atoms with Gasteiger partial charge < -0.3 is 5.32 Å². The summed E-state index contributed by atoms with van der Waals surface area (Å²) < 4.78 is 0. The summed E-state index contributed by atoms with van der Waals surface area (Å²) >= 11 is 6.06. The van der Waals surface area contributed by atoms with E-state index >= 15 is 0 Å². The van der Waals surface area contributed by atoms with E-state index in [1.165, 1.54) is 16.7 Å². The van der Waals surface area contributed by atoms with Crippen LogP contribution in [0.3, 0.4) is 0 Å². The molecule has 0 aromatic heterocycles. The van der Waals surface area contributed by atoms with Crippen molar-refractivity contribution in [2.45, 2.75) is 39.3 Å². The summed E-state index contributed by atoms with van der Waals surface area (Å²) in [6.07, 6.45) is 0. The molecule has 2 aromatic carbocycles. The fourth-order valence-corrected chi connectivity index (χ4v) is 3.49. The van der Waals surface area contributed by atoms with Crippen molar-refractivity contribution < 1.29 is 0 Å². The highest BCUT2D eigenvalue weighted by molar-refractivity contribution is 6.30. The van der Waals surface area contributed by atoms with Crippen LogP contribution in [-0.2, 0) is 6.54 Å². The van der Waals surface area contributed by atoms with E-state index in [1.54, 1.807) is 0 Å². The molecule has 2 unspecified atom stereocenters. The summed E-state index contributed by atoms with van der Waals surface area (Å²) in [6, 6.07) is 17.5. The Morgan fingerprint density at radius 1 is 1.00 bits per heavy atom. The number of fused-ring (bicyclic) bond motifs is 1. The Bertz CT molecular complexity index is 625. The van der Waals surface area contributed by atoms with Gasteiger partial charge in [-0.15, -0.1) is 0 Å². The van der Waals surface area contributed by atoms with Crippen molar-refractivity contribution in [1.29, 1.82) is 0 Å². The molecule has 21 heavy (non-hydrogen) atoms. The van der Waals surface area contributed by atoms with E-state index in [4.69, 9.17) is 11.6 Å². The van der Waals surface area contributed by atoms with E-state index in [2.05, 4.69) is 62.5 Å². The van der Waals surface area contributed by atoms with Crippen molar-refractivity contribution in [3.63, 3.8) is 0 Å². The van der Waals surface area contributed by atoms with E-state index in [0.29, 0.717) is 12.0 Å². The molecule has 3 rings (SSSR count). The highest BCUT2D eigenvalue weighted by atomic mass is 35.5. The van der Waals surface area contributed by atoms with Gasteiger partial charge in [0.05, 0.1) is 0 Å². The summed E-state index contributed by atoms with van der Waals surface area (Å²) in [6.45, 7) is 7.87. The topological polar surface area (TPSA) is 12.0 Å². The third kappa shape index (κ3) is 2.86. The molecule has 1 N–H and O–H groups in total. The number of benzene rings is 2. The third-order valence-electron chi connectivity index (χ3n) is 4.40. The molecule has 0 radical (unpaired) electrons. The second kappa shape index (κ2) is 5.47. The Morgan fingerprint density at radius 2 is 1.67 bits per heavy atom. The number of rotatable bonds is 1. The van der Waals surface area contributed by atoms with Gasteiger partial charge in [0.15, 0.2) is 0 Å². The maximum atomic E-state index is 6.06. The molecule has 0 aliphatic carbocycles. The molecule has 2 atom stereocenters. The van der Waals surface area contributed by atoms with Crippen molar-refractivity contribution in [3.8, 4) is 0 Å². The number of nitrogens with one attached hydrogen (secondary N) is 1. The van der Waals surface area contributed by atoms with Crippen molar-refractivity contribution in [1.82, 2.24) is 5.32 Å². The lowest BCUT2D eigenvalue weighted by Gasteiger charge is -2.42. The molecule has 2 heteroatoms. The third-order valence-corrected chi connectivity index (χ3v) is 4.65. The SMILES string of the molecule is CC(C)(C)C1NCc2ccccc2C1c1ccc(Cl)cc1. The molecule has 2 aromatic rings. The van der Waals surface area contributed by atoms with Gasteiger partial charge in [-0.25, -0.2) is 0 Å². The molecule has 1 nitrogen and oxygen atoms in total. The van der Waals surface area contributed by atoms with Gasteiger partial charge in [0.25, 0.3) is 0 Å². The largest absolute Gasteiger partial charge is 0.308 e. The molecule has 0 spiro atoms. The Kier molecular flexibility index (Phi) is 3.81. The zero-order valence-electron chi connectivity index (χ0n) is 12.9. The zero-order chi connectivity index (χ0) is 15.0. The van der Waals surface area contributed by atoms with E-state index in [-0.39, 0.29) is 5.41 Å². The average Bonchev–Trinajstić information content (AvgIpc) is 2.46. The first-order chi connectivity index (χ1) is 9.97. The van der Waals surface area contributed by atoms with Crippen LogP contribution in [0.1, 0.15) is 43.4 Å². The van der Waals surface area contributed by atoms with Crippen LogP contribution in [0.25, 0.3) is 0 Å². The fraction of sp³-hybridized carbons (Fsp3) is 0.368. The van der Waals surface area contributed by atoms with Crippen LogP contribution >= 0.6 is 11.6 Å². The number of halogens is 1.